The Bertz CT molecular complexity index is 599. The van der Waals surface area contributed by atoms with Crippen LogP contribution in [0.25, 0.3) is 0 Å². The minimum atomic E-state index is -0.121. The summed E-state index contributed by atoms with van der Waals surface area (Å²) in [5.41, 5.74) is 6.52. The van der Waals surface area contributed by atoms with E-state index in [1.165, 1.54) is 12.4 Å². The molecule has 0 bridgehead atoms. The van der Waals surface area contributed by atoms with Gasteiger partial charge < -0.3 is 20.8 Å². The zero-order chi connectivity index (χ0) is 14.4. The number of benzene rings is 1. The van der Waals surface area contributed by atoms with E-state index in [1.54, 1.807) is 6.07 Å². The van der Waals surface area contributed by atoms with Crippen molar-refractivity contribution in [2.75, 3.05) is 6.61 Å². The SMILES string of the molecule is N/C(=N/O)c1cnc(Oc2ccccc2CCO)cn1. The first-order chi connectivity index (χ1) is 9.74. The van der Waals surface area contributed by atoms with Crippen molar-refractivity contribution in [2.45, 2.75) is 6.42 Å². The van der Waals surface area contributed by atoms with Crippen LogP contribution < -0.4 is 10.5 Å². The van der Waals surface area contributed by atoms with Crippen LogP contribution >= 0.6 is 0 Å². The maximum Gasteiger partial charge on any atom is 0.237 e. The number of aliphatic hydroxyl groups excluding tert-OH is 1. The molecule has 0 spiro atoms. The lowest BCUT2D eigenvalue weighted by Gasteiger charge is -2.09. The van der Waals surface area contributed by atoms with Gasteiger partial charge in [0.2, 0.25) is 5.88 Å². The molecular weight excluding hydrogens is 260 g/mol. The molecule has 0 atom stereocenters. The van der Waals surface area contributed by atoms with Crippen molar-refractivity contribution in [3.05, 3.63) is 47.9 Å². The molecule has 0 fully saturated rings. The van der Waals surface area contributed by atoms with Crippen LogP contribution in [0.2, 0.25) is 0 Å². The number of hydrogen-bond acceptors (Lipinski definition) is 6. The second-order valence-electron chi connectivity index (χ2n) is 3.91. The van der Waals surface area contributed by atoms with E-state index in [2.05, 4.69) is 15.1 Å². The molecule has 0 radical (unpaired) electrons. The Morgan fingerprint density at radius 1 is 1.25 bits per heavy atom. The average molecular weight is 274 g/mol. The highest BCUT2D eigenvalue weighted by Gasteiger charge is 2.07. The molecule has 1 aromatic heterocycles. The monoisotopic (exact) mass is 274 g/mol. The van der Waals surface area contributed by atoms with E-state index >= 15 is 0 Å². The maximum absolute atomic E-state index is 9.00. The Kier molecular flexibility index (Phi) is 4.46. The first-order valence-corrected chi connectivity index (χ1v) is 5.91. The molecule has 0 unspecified atom stereocenters. The summed E-state index contributed by atoms with van der Waals surface area (Å²) in [6.07, 6.45) is 3.22. The van der Waals surface area contributed by atoms with E-state index in [0.29, 0.717) is 12.2 Å². The number of aromatic nitrogens is 2. The molecule has 0 aliphatic carbocycles. The average Bonchev–Trinajstić information content (AvgIpc) is 2.49. The van der Waals surface area contributed by atoms with Crippen LogP contribution in [0.1, 0.15) is 11.3 Å². The molecular formula is C13H14N4O3. The maximum atomic E-state index is 9.00. The van der Waals surface area contributed by atoms with Gasteiger partial charge in [0.05, 0.1) is 12.4 Å². The van der Waals surface area contributed by atoms with Crippen LogP contribution in [0.4, 0.5) is 0 Å². The van der Waals surface area contributed by atoms with E-state index in [1.807, 2.05) is 18.2 Å². The molecule has 20 heavy (non-hydrogen) atoms. The molecule has 0 aliphatic rings. The number of ether oxygens (including phenoxy) is 1. The predicted octanol–water partition coefficient (Wildman–Crippen LogP) is 0.898. The Morgan fingerprint density at radius 3 is 2.70 bits per heavy atom. The highest BCUT2D eigenvalue weighted by Crippen LogP contribution is 2.23. The van der Waals surface area contributed by atoms with Gasteiger partial charge in [-0.15, -0.1) is 0 Å². The summed E-state index contributed by atoms with van der Waals surface area (Å²) < 4.78 is 5.60. The summed E-state index contributed by atoms with van der Waals surface area (Å²) >= 11 is 0. The van der Waals surface area contributed by atoms with Gasteiger partial charge in [-0.2, -0.15) is 0 Å². The van der Waals surface area contributed by atoms with Gasteiger partial charge >= 0.3 is 0 Å². The topological polar surface area (TPSA) is 114 Å². The lowest BCUT2D eigenvalue weighted by atomic mass is 10.1. The molecule has 0 saturated carbocycles. The van der Waals surface area contributed by atoms with E-state index in [9.17, 15) is 0 Å². The molecule has 0 saturated heterocycles. The van der Waals surface area contributed by atoms with Crippen LogP contribution in [-0.2, 0) is 6.42 Å². The second kappa shape index (κ2) is 6.48. The van der Waals surface area contributed by atoms with Crippen molar-refractivity contribution in [3.63, 3.8) is 0 Å². The van der Waals surface area contributed by atoms with Crippen LogP contribution in [0.5, 0.6) is 11.6 Å². The van der Waals surface area contributed by atoms with Crippen LogP contribution in [0, 0.1) is 0 Å². The van der Waals surface area contributed by atoms with Gasteiger partial charge in [0.15, 0.2) is 5.84 Å². The van der Waals surface area contributed by atoms with Crippen molar-refractivity contribution < 1.29 is 15.1 Å². The standard InChI is InChI=1S/C13H14N4O3/c14-13(17-19)10-7-16-12(8-15-10)20-11-4-2-1-3-9(11)5-6-18/h1-4,7-8,18-19H,5-6H2,(H2,14,17). The molecule has 4 N–H and O–H groups in total. The van der Waals surface area contributed by atoms with Gasteiger partial charge in [0.25, 0.3) is 0 Å². The summed E-state index contributed by atoms with van der Waals surface area (Å²) in [5.74, 6) is 0.766. The molecule has 1 aromatic carbocycles. The normalized spacial score (nSPS) is 11.3. The van der Waals surface area contributed by atoms with E-state index in [-0.39, 0.29) is 24.0 Å². The highest BCUT2D eigenvalue weighted by atomic mass is 16.5. The van der Waals surface area contributed by atoms with Crippen molar-refractivity contribution in [1.29, 1.82) is 0 Å². The highest BCUT2D eigenvalue weighted by molar-refractivity contribution is 5.94. The number of amidine groups is 1. The van der Waals surface area contributed by atoms with E-state index in [0.717, 1.165) is 5.56 Å². The van der Waals surface area contributed by atoms with Crippen LogP contribution in [0.15, 0.2) is 41.8 Å². The summed E-state index contributed by atoms with van der Waals surface area (Å²) in [6.45, 7) is 0.0362. The first-order valence-electron chi connectivity index (χ1n) is 5.91. The number of rotatable bonds is 5. The largest absolute Gasteiger partial charge is 0.437 e. The predicted molar refractivity (Wildman–Crippen MR) is 71.8 cm³/mol. The van der Waals surface area contributed by atoms with Gasteiger partial charge in [-0.3, -0.25) is 0 Å². The number of nitrogens with zero attached hydrogens (tertiary/aromatic N) is 3. The molecule has 2 rings (SSSR count). The zero-order valence-electron chi connectivity index (χ0n) is 10.6. The number of hydrogen-bond donors (Lipinski definition) is 3. The first kappa shape index (κ1) is 13.8. The van der Waals surface area contributed by atoms with Crippen LogP contribution in [-0.4, -0.2) is 32.7 Å². The van der Waals surface area contributed by atoms with Crippen molar-refractivity contribution in [1.82, 2.24) is 9.97 Å². The summed E-state index contributed by atoms with van der Waals surface area (Å²) in [6, 6.07) is 7.34. The lowest BCUT2D eigenvalue weighted by molar-refractivity contribution is 0.297. The minimum absolute atomic E-state index is 0.0362. The number of para-hydroxylation sites is 1. The zero-order valence-corrected chi connectivity index (χ0v) is 10.6. The molecule has 2 aromatic rings. The Labute approximate surface area is 115 Å². The van der Waals surface area contributed by atoms with Gasteiger partial charge in [0, 0.05) is 6.61 Å². The fourth-order valence-corrected chi connectivity index (χ4v) is 1.60. The Hall–Kier alpha value is -2.67. The molecule has 7 heteroatoms. The summed E-state index contributed by atoms with van der Waals surface area (Å²) in [5, 5.41) is 20.4. The van der Waals surface area contributed by atoms with Crippen molar-refractivity contribution in [3.8, 4) is 11.6 Å². The third kappa shape index (κ3) is 3.21. The second-order valence-corrected chi connectivity index (χ2v) is 3.91. The van der Waals surface area contributed by atoms with Crippen LogP contribution in [0.3, 0.4) is 0 Å². The number of oxime groups is 1. The molecule has 0 aliphatic heterocycles. The van der Waals surface area contributed by atoms with E-state index < -0.39 is 0 Å². The Morgan fingerprint density at radius 2 is 2.05 bits per heavy atom. The lowest BCUT2D eigenvalue weighted by Crippen LogP contribution is -2.15. The van der Waals surface area contributed by atoms with Gasteiger partial charge in [-0.05, 0) is 18.1 Å². The summed E-state index contributed by atoms with van der Waals surface area (Å²) in [7, 11) is 0. The molecule has 104 valence electrons. The third-order valence-electron chi connectivity index (χ3n) is 2.57. The third-order valence-corrected chi connectivity index (χ3v) is 2.57. The van der Waals surface area contributed by atoms with Gasteiger partial charge in [-0.1, -0.05) is 23.4 Å². The van der Waals surface area contributed by atoms with Crippen molar-refractivity contribution >= 4 is 5.84 Å². The number of aliphatic hydroxyl groups is 1. The Balaban J connectivity index is 2.18. The summed E-state index contributed by atoms with van der Waals surface area (Å²) in [4.78, 5) is 7.99. The molecule has 1 heterocycles. The number of nitrogens with two attached hydrogens (primary N) is 1. The minimum Gasteiger partial charge on any atom is -0.437 e. The fourth-order valence-electron chi connectivity index (χ4n) is 1.60. The van der Waals surface area contributed by atoms with Gasteiger partial charge in [-0.25, -0.2) is 9.97 Å². The van der Waals surface area contributed by atoms with Crippen molar-refractivity contribution in [2.24, 2.45) is 10.9 Å². The smallest absolute Gasteiger partial charge is 0.237 e. The quantitative estimate of drug-likeness (QED) is 0.323. The molecule has 0 amide bonds. The fraction of sp³-hybridized carbons (Fsp3) is 0.154. The molecule has 7 nitrogen and oxygen atoms in total. The van der Waals surface area contributed by atoms with Gasteiger partial charge in [0.1, 0.15) is 11.4 Å². The van der Waals surface area contributed by atoms with E-state index in [4.69, 9.17) is 20.8 Å².